The largest absolute Gasteiger partial charge is 0.0914 e. The fourth-order valence-corrected chi connectivity index (χ4v) is 4.00. The molecule has 0 aliphatic rings. The predicted molar refractivity (Wildman–Crippen MR) is 94.0 cm³/mol. The van der Waals surface area contributed by atoms with Gasteiger partial charge in [-0.25, -0.2) is 0 Å². The molecule has 0 radical (unpaired) electrons. The SMILES string of the molecule is C/C=C/C(C)CC(C)CC(C)CC(C)CC(C)CCC. The van der Waals surface area contributed by atoms with Crippen molar-refractivity contribution in [1.29, 1.82) is 0 Å². The molecule has 5 atom stereocenters. The topological polar surface area (TPSA) is 0 Å². The molecule has 0 aliphatic heterocycles. The normalized spacial score (nSPS) is 19.8. The maximum Gasteiger partial charge on any atom is -0.0260 e. The van der Waals surface area contributed by atoms with Crippen LogP contribution in [0.15, 0.2) is 12.2 Å². The molecule has 0 rings (SSSR count). The molecule has 0 fully saturated rings. The first-order valence-electron chi connectivity index (χ1n) is 9.01. The summed E-state index contributed by atoms with van der Waals surface area (Å²) in [5.74, 6) is 4.29. The maximum atomic E-state index is 2.46. The van der Waals surface area contributed by atoms with Gasteiger partial charge in [-0.1, -0.05) is 66.5 Å². The van der Waals surface area contributed by atoms with Crippen LogP contribution in [-0.4, -0.2) is 0 Å². The van der Waals surface area contributed by atoms with E-state index in [0.717, 1.165) is 29.6 Å². The minimum Gasteiger partial charge on any atom is -0.0914 e. The van der Waals surface area contributed by atoms with E-state index >= 15 is 0 Å². The first-order valence-corrected chi connectivity index (χ1v) is 9.01. The van der Waals surface area contributed by atoms with Crippen molar-refractivity contribution < 1.29 is 0 Å². The van der Waals surface area contributed by atoms with Crippen LogP contribution in [0.5, 0.6) is 0 Å². The highest BCUT2D eigenvalue weighted by atomic mass is 14.2. The Morgan fingerprint density at radius 3 is 1.60 bits per heavy atom. The highest BCUT2D eigenvalue weighted by molar-refractivity contribution is 4.83. The Morgan fingerprint density at radius 1 is 0.700 bits per heavy atom. The molecule has 0 bridgehead atoms. The summed E-state index contributed by atoms with van der Waals surface area (Å²) in [6.45, 7) is 16.5. The van der Waals surface area contributed by atoms with Crippen molar-refractivity contribution in [2.24, 2.45) is 29.6 Å². The Labute approximate surface area is 129 Å². The van der Waals surface area contributed by atoms with Crippen LogP contribution in [0.2, 0.25) is 0 Å². The maximum absolute atomic E-state index is 2.46. The summed E-state index contributed by atoms with van der Waals surface area (Å²) in [7, 11) is 0. The lowest BCUT2D eigenvalue weighted by molar-refractivity contribution is 0.289. The van der Waals surface area contributed by atoms with Crippen LogP contribution in [0.4, 0.5) is 0 Å². The second kappa shape index (κ2) is 11.4. The minimum absolute atomic E-state index is 0.740. The second-order valence-corrected chi connectivity index (χ2v) is 7.66. The molecule has 0 aromatic carbocycles. The molecule has 0 saturated carbocycles. The number of hydrogen-bond donors (Lipinski definition) is 0. The fourth-order valence-electron chi connectivity index (χ4n) is 4.00. The lowest BCUT2D eigenvalue weighted by atomic mass is 9.83. The van der Waals surface area contributed by atoms with E-state index in [0.29, 0.717) is 0 Å². The zero-order chi connectivity index (χ0) is 15.5. The Bertz CT molecular complexity index is 240. The highest BCUT2D eigenvalue weighted by Gasteiger charge is 2.15. The van der Waals surface area contributed by atoms with E-state index in [-0.39, 0.29) is 0 Å². The lowest BCUT2D eigenvalue weighted by Crippen LogP contribution is -2.11. The molecule has 0 aromatic heterocycles. The van der Waals surface area contributed by atoms with Crippen LogP contribution in [0.3, 0.4) is 0 Å². The van der Waals surface area contributed by atoms with Gasteiger partial charge < -0.3 is 0 Å². The van der Waals surface area contributed by atoms with Crippen molar-refractivity contribution in [2.75, 3.05) is 0 Å². The lowest BCUT2D eigenvalue weighted by Gasteiger charge is -2.23. The van der Waals surface area contributed by atoms with Crippen LogP contribution >= 0.6 is 0 Å². The van der Waals surface area contributed by atoms with Gasteiger partial charge in [-0.05, 0) is 62.2 Å². The van der Waals surface area contributed by atoms with Crippen LogP contribution < -0.4 is 0 Å². The molecule has 0 heteroatoms. The van der Waals surface area contributed by atoms with Gasteiger partial charge in [0.25, 0.3) is 0 Å². The van der Waals surface area contributed by atoms with Gasteiger partial charge in [-0.2, -0.15) is 0 Å². The van der Waals surface area contributed by atoms with Gasteiger partial charge in [0.2, 0.25) is 0 Å². The van der Waals surface area contributed by atoms with Crippen molar-refractivity contribution in [3.63, 3.8) is 0 Å². The average Bonchev–Trinajstić information content (AvgIpc) is 2.27. The van der Waals surface area contributed by atoms with Crippen LogP contribution in [0, 0.1) is 29.6 Å². The molecule has 0 amide bonds. The molecule has 0 nitrogen and oxygen atoms in total. The Morgan fingerprint density at radius 2 is 1.15 bits per heavy atom. The summed E-state index contributed by atoms with van der Waals surface area (Å²) in [6, 6.07) is 0. The molecule has 0 aromatic rings. The molecular formula is C20H40. The highest BCUT2D eigenvalue weighted by Crippen LogP contribution is 2.27. The number of hydrogen-bond acceptors (Lipinski definition) is 0. The standard InChI is InChI=1S/C20H40/c1-8-10-16(3)12-18(5)14-20(7)15-19(6)13-17(4)11-9-2/h8,10,16-20H,9,11-15H2,1-7H3/b10-8+. The van der Waals surface area contributed by atoms with Crippen molar-refractivity contribution in [3.05, 3.63) is 12.2 Å². The molecule has 120 valence electrons. The summed E-state index contributed by atoms with van der Waals surface area (Å²) in [6.07, 6.45) is 12.8. The van der Waals surface area contributed by atoms with E-state index < -0.39 is 0 Å². The predicted octanol–water partition coefficient (Wildman–Crippen LogP) is 7.10. The summed E-state index contributed by atoms with van der Waals surface area (Å²) < 4.78 is 0. The molecule has 20 heavy (non-hydrogen) atoms. The Kier molecular flexibility index (Phi) is 11.3. The van der Waals surface area contributed by atoms with E-state index in [1.54, 1.807) is 0 Å². The molecule has 5 unspecified atom stereocenters. The summed E-state index contributed by atoms with van der Waals surface area (Å²) >= 11 is 0. The van der Waals surface area contributed by atoms with Gasteiger partial charge in [0.15, 0.2) is 0 Å². The van der Waals surface area contributed by atoms with Crippen molar-refractivity contribution >= 4 is 0 Å². The summed E-state index contributed by atoms with van der Waals surface area (Å²) in [5.41, 5.74) is 0. The monoisotopic (exact) mass is 280 g/mol. The quantitative estimate of drug-likeness (QED) is 0.354. The second-order valence-electron chi connectivity index (χ2n) is 7.66. The first-order chi connectivity index (χ1) is 9.38. The summed E-state index contributed by atoms with van der Waals surface area (Å²) in [4.78, 5) is 0. The van der Waals surface area contributed by atoms with Crippen molar-refractivity contribution in [1.82, 2.24) is 0 Å². The van der Waals surface area contributed by atoms with E-state index in [1.165, 1.54) is 38.5 Å². The zero-order valence-corrected chi connectivity index (χ0v) is 15.3. The third-order valence-corrected chi connectivity index (χ3v) is 4.49. The molecule has 0 saturated heterocycles. The van der Waals surface area contributed by atoms with Crippen LogP contribution in [-0.2, 0) is 0 Å². The third-order valence-electron chi connectivity index (χ3n) is 4.49. The van der Waals surface area contributed by atoms with Gasteiger partial charge in [0.1, 0.15) is 0 Å². The number of allylic oxidation sites excluding steroid dienone is 2. The zero-order valence-electron chi connectivity index (χ0n) is 15.3. The smallest absolute Gasteiger partial charge is 0.0260 e. The summed E-state index contributed by atoms with van der Waals surface area (Å²) in [5, 5.41) is 0. The van der Waals surface area contributed by atoms with Crippen LogP contribution in [0.1, 0.15) is 87.0 Å². The Balaban J connectivity index is 3.93. The van der Waals surface area contributed by atoms with Gasteiger partial charge in [-0.3, -0.25) is 0 Å². The van der Waals surface area contributed by atoms with Crippen molar-refractivity contribution in [2.45, 2.75) is 87.0 Å². The molecule has 0 spiro atoms. The fraction of sp³-hybridized carbons (Fsp3) is 0.900. The van der Waals surface area contributed by atoms with Gasteiger partial charge >= 0.3 is 0 Å². The van der Waals surface area contributed by atoms with Gasteiger partial charge in [-0.15, -0.1) is 0 Å². The Hall–Kier alpha value is -0.260. The van der Waals surface area contributed by atoms with Crippen LogP contribution in [0.25, 0.3) is 0 Å². The molecular weight excluding hydrogens is 240 g/mol. The van der Waals surface area contributed by atoms with E-state index in [1.807, 2.05) is 0 Å². The minimum atomic E-state index is 0.740. The third kappa shape index (κ3) is 10.5. The molecule has 0 heterocycles. The van der Waals surface area contributed by atoms with Gasteiger partial charge in [0, 0.05) is 0 Å². The van der Waals surface area contributed by atoms with E-state index in [9.17, 15) is 0 Å². The molecule has 0 N–H and O–H groups in total. The first kappa shape index (κ1) is 19.7. The number of rotatable bonds is 11. The van der Waals surface area contributed by atoms with Gasteiger partial charge in [0.05, 0.1) is 0 Å². The van der Waals surface area contributed by atoms with E-state index in [2.05, 4.69) is 60.6 Å². The molecule has 0 aliphatic carbocycles. The average molecular weight is 281 g/mol. The van der Waals surface area contributed by atoms with E-state index in [4.69, 9.17) is 0 Å². The van der Waals surface area contributed by atoms with Crippen molar-refractivity contribution in [3.8, 4) is 0 Å².